The molecule has 3 aliphatic rings. The van der Waals surface area contributed by atoms with Gasteiger partial charge in [-0.1, -0.05) is 0 Å². The molecule has 30 heavy (non-hydrogen) atoms. The van der Waals surface area contributed by atoms with Gasteiger partial charge in [-0.05, 0) is 49.3 Å². The normalized spacial score (nSPS) is 23.1. The molecule has 9 nitrogen and oxygen atoms in total. The molecule has 2 saturated heterocycles. The second kappa shape index (κ2) is 6.93. The van der Waals surface area contributed by atoms with Crippen LogP contribution in [0.5, 0.6) is 0 Å². The molecule has 2 unspecified atom stereocenters. The van der Waals surface area contributed by atoms with E-state index >= 15 is 0 Å². The summed E-state index contributed by atoms with van der Waals surface area (Å²) >= 11 is 0. The Bertz CT molecular complexity index is 1020. The number of pyridine rings is 1. The molecule has 2 N–H and O–H groups in total. The number of hydrogen-bond acceptors (Lipinski definition) is 8. The van der Waals surface area contributed by atoms with Crippen molar-refractivity contribution in [2.45, 2.75) is 25.7 Å². The number of anilines is 4. The zero-order valence-corrected chi connectivity index (χ0v) is 17.0. The Balaban J connectivity index is 1.27. The molecule has 2 atom stereocenters. The number of aromatic amines is 1. The third-order valence-corrected chi connectivity index (χ3v) is 6.76. The monoisotopic (exact) mass is 403 g/mol. The molecule has 3 fully saturated rings. The molecular weight excluding hydrogens is 378 g/mol. The second-order valence-corrected chi connectivity index (χ2v) is 8.74. The van der Waals surface area contributed by atoms with E-state index in [4.69, 9.17) is 4.98 Å². The van der Waals surface area contributed by atoms with E-state index in [-0.39, 0.29) is 0 Å². The molecular formula is C21H25N9. The average Bonchev–Trinajstić information content (AvgIpc) is 3.31. The van der Waals surface area contributed by atoms with E-state index < -0.39 is 0 Å². The van der Waals surface area contributed by atoms with Crippen LogP contribution < -0.4 is 15.1 Å². The van der Waals surface area contributed by atoms with Gasteiger partial charge in [0.25, 0.3) is 0 Å². The predicted octanol–water partition coefficient (Wildman–Crippen LogP) is 2.49. The first kappa shape index (κ1) is 17.6. The number of aromatic nitrogens is 6. The van der Waals surface area contributed by atoms with Gasteiger partial charge < -0.3 is 15.1 Å². The lowest BCUT2D eigenvalue weighted by atomic mass is 9.77. The minimum absolute atomic E-state index is 0.451. The quantitative estimate of drug-likeness (QED) is 0.670. The SMILES string of the molecule is Cc1cnc(Nc2cc(C3CN(c4cn[nH]n4)C3)cc(N3CC4CCC4C3)n2)cn1. The van der Waals surface area contributed by atoms with Crippen LogP contribution in [0.2, 0.25) is 0 Å². The maximum atomic E-state index is 4.95. The highest BCUT2D eigenvalue weighted by molar-refractivity contribution is 5.59. The highest BCUT2D eigenvalue weighted by Gasteiger charge is 2.40. The molecule has 1 aliphatic carbocycles. The first-order valence-electron chi connectivity index (χ1n) is 10.6. The minimum atomic E-state index is 0.451. The third-order valence-electron chi connectivity index (χ3n) is 6.76. The van der Waals surface area contributed by atoms with Crippen molar-refractivity contribution in [2.75, 3.05) is 41.3 Å². The highest BCUT2D eigenvalue weighted by Crippen LogP contribution is 2.42. The Morgan fingerprint density at radius 1 is 0.900 bits per heavy atom. The van der Waals surface area contributed by atoms with Crippen molar-refractivity contribution in [1.29, 1.82) is 0 Å². The van der Waals surface area contributed by atoms with E-state index in [0.717, 1.165) is 67.0 Å². The van der Waals surface area contributed by atoms with E-state index in [2.05, 4.69) is 52.6 Å². The van der Waals surface area contributed by atoms with E-state index in [1.54, 1.807) is 18.6 Å². The Labute approximate surface area is 174 Å². The molecule has 1 saturated carbocycles. The van der Waals surface area contributed by atoms with Crippen LogP contribution in [0.15, 0.2) is 30.7 Å². The molecule has 3 aromatic rings. The van der Waals surface area contributed by atoms with Gasteiger partial charge in [0.2, 0.25) is 0 Å². The Kier molecular flexibility index (Phi) is 4.07. The topological polar surface area (TPSA) is 98.8 Å². The number of rotatable bonds is 5. The summed E-state index contributed by atoms with van der Waals surface area (Å²) in [4.78, 5) is 18.4. The second-order valence-electron chi connectivity index (χ2n) is 8.74. The smallest absolute Gasteiger partial charge is 0.170 e. The molecule has 0 amide bonds. The number of fused-ring (bicyclic) bond motifs is 1. The lowest BCUT2D eigenvalue weighted by Crippen LogP contribution is -2.45. The molecule has 2 aliphatic heterocycles. The summed E-state index contributed by atoms with van der Waals surface area (Å²) in [6.45, 7) is 6.06. The van der Waals surface area contributed by atoms with Crippen LogP contribution in [0.3, 0.4) is 0 Å². The van der Waals surface area contributed by atoms with Crippen LogP contribution in [0.25, 0.3) is 0 Å². The summed E-state index contributed by atoms with van der Waals surface area (Å²) < 4.78 is 0. The lowest BCUT2D eigenvalue weighted by molar-refractivity contribution is 0.243. The summed E-state index contributed by atoms with van der Waals surface area (Å²) in [5.41, 5.74) is 2.21. The standard InChI is InChI=1S/C21H25N9/c1-13-6-23-19(7-22-13)25-18-4-16(17-11-30(12-17)21-8-24-28-27-21)5-20(26-18)29-9-14-2-3-15(14)10-29/h4-8,14-15,17H,2-3,9-12H2,1H3,(H,23,25,26)(H,24,27,28). The van der Waals surface area contributed by atoms with Crippen LogP contribution in [0, 0.1) is 18.8 Å². The van der Waals surface area contributed by atoms with Crippen molar-refractivity contribution in [2.24, 2.45) is 11.8 Å². The zero-order valence-electron chi connectivity index (χ0n) is 17.0. The van der Waals surface area contributed by atoms with Gasteiger partial charge in [0.05, 0.1) is 24.3 Å². The van der Waals surface area contributed by atoms with Crippen molar-refractivity contribution in [3.63, 3.8) is 0 Å². The van der Waals surface area contributed by atoms with E-state index in [1.165, 1.54) is 18.4 Å². The fourth-order valence-electron chi connectivity index (χ4n) is 4.76. The van der Waals surface area contributed by atoms with Gasteiger partial charge in [-0.2, -0.15) is 10.3 Å². The molecule has 3 aromatic heterocycles. The minimum Gasteiger partial charge on any atom is -0.356 e. The molecule has 5 heterocycles. The summed E-state index contributed by atoms with van der Waals surface area (Å²) in [5, 5.41) is 14.2. The van der Waals surface area contributed by atoms with Crippen molar-refractivity contribution >= 4 is 23.3 Å². The van der Waals surface area contributed by atoms with Gasteiger partial charge in [0.15, 0.2) is 5.82 Å². The molecule has 9 heteroatoms. The third kappa shape index (κ3) is 3.14. The van der Waals surface area contributed by atoms with E-state index in [1.807, 2.05) is 6.92 Å². The molecule has 6 rings (SSSR count). The zero-order chi connectivity index (χ0) is 20.1. The van der Waals surface area contributed by atoms with Crippen molar-refractivity contribution in [3.05, 3.63) is 42.0 Å². The summed E-state index contributed by atoms with van der Waals surface area (Å²) in [6, 6.07) is 4.43. The number of nitrogens with one attached hydrogen (secondary N) is 2. The fraction of sp³-hybridized carbons (Fsp3) is 0.476. The fourth-order valence-corrected chi connectivity index (χ4v) is 4.76. The molecule has 0 spiro atoms. The Morgan fingerprint density at radius 2 is 1.70 bits per heavy atom. The first-order chi connectivity index (χ1) is 14.7. The van der Waals surface area contributed by atoms with Crippen LogP contribution >= 0.6 is 0 Å². The summed E-state index contributed by atoms with van der Waals surface area (Å²) in [6.07, 6.45) is 8.03. The van der Waals surface area contributed by atoms with Crippen LogP contribution in [-0.2, 0) is 0 Å². The summed E-state index contributed by atoms with van der Waals surface area (Å²) in [5.74, 6) is 5.68. The van der Waals surface area contributed by atoms with Crippen molar-refractivity contribution in [1.82, 2.24) is 30.4 Å². The first-order valence-corrected chi connectivity index (χ1v) is 10.6. The van der Waals surface area contributed by atoms with Crippen molar-refractivity contribution in [3.8, 4) is 0 Å². The van der Waals surface area contributed by atoms with Gasteiger partial charge in [-0.25, -0.2) is 9.97 Å². The molecule has 0 bridgehead atoms. The Hall–Kier alpha value is -3.23. The number of nitrogens with zero attached hydrogens (tertiary/aromatic N) is 7. The molecule has 154 valence electrons. The van der Waals surface area contributed by atoms with Crippen molar-refractivity contribution < 1.29 is 0 Å². The maximum Gasteiger partial charge on any atom is 0.170 e. The van der Waals surface area contributed by atoms with Gasteiger partial charge in [0, 0.05) is 32.1 Å². The van der Waals surface area contributed by atoms with Crippen LogP contribution in [-0.4, -0.2) is 56.5 Å². The van der Waals surface area contributed by atoms with Gasteiger partial charge in [0.1, 0.15) is 17.5 Å². The van der Waals surface area contributed by atoms with Crippen LogP contribution in [0.1, 0.15) is 30.0 Å². The number of hydrogen-bond donors (Lipinski definition) is 2. The van der Waals surface area contributed by atoms with E-state index in [9.17, 15) is 0 Å². The number of H-pyrrole nitrogens is 1. The molecule has 0 aromatic carbocycles. The average molecular weight is 403 g/mol. The van der Waals surface area contributed by atoms with E-state index in [0.29, 0.717) is 5.92 Å². The molecule has 0 radical (unpaired) electrons. The van der Waals surface area contributed by atoms with Gasteiger partial charge in [-0.15, -0.1) is 5.10 Å². The highest BCUT2D eigenvalue weighted by atomic mass is 15.4. The predicted molar refractivity (Wildman–Crippen MR) is 114 cm³/mol. The summed E-state index contributed by atoms with van der Waals surface area (Å²) in [7, 11) is 0. The van der Waals surface area contributed by atoms with Crippen LogP contribution in [0.4, 0.5) is 23.3 Å². The largest absolute Gasteiger partial charge is 0.356 e. The lowest BCUT2D eigenvalue weighted by Gasteiger charge is -2.39. The van der Waals surface area contributed by atoms with Gasteiger partial charge in [-0.3, -0.25) is 4.98 Å². The maximum absolute atomic E-state index is 4.95. The Morgan fingerprint density at radius 3 is 2.37 bits per heavy atom. The van der Waals surface area contributed by atoms with Gasteiger partial charge >= 0.3 is 0 Å². The number of aryl methyl sites for hydroxylation is 1.